The number of rotatable bonds is 7. The van der Waals surface area contributed by atoms with Crippen LogP contribution in [0.1, 0.15) is 25.8 Å². The molecular weight excluding hydrogens is 348 g/mol. The Labute approximate surface area is 158 Å². The molecular formula is C19H30N4O2S. The quantitative estimate of drug-likeness (QED) is 0.555. The summed E-state index contributed by atoms with van der Waals surface area (Å²) in [6.07, 6.45) is 0.916. The average molecular weight is 379 g/mol. The van der Waals surface area contributed by atoms with E-state index in [1.54, 1.807) is 7.05 Å². The van der Waals surface area contributed by atoms with Gasteiger partial charge in [0, 0.05) is 60.9 Å². The van der Waals surface area contributed by atoms with Crippen LogP contribution in [0.2, 0.25) is 0 Å². The zero-order valence-electron chi connectivity index (χ0n) is 15.9. The molecule has 1 aliphatic rings. The Bertz CT molecular complexity index is 634. The monoisotopic (exact) mass is 378 g/mol. The van der Waals surface area contributed by atoms with Crippen LogP contribution < -0.4 is 10.6 Å². The third kappa shape index (κ3) is 6.44. The highest BCUT2D eigenvalue weighted by atomic mass is 32.2. The van der Waals surface area contributed by atoms with Gasteiger partial charge in [-0.2, -0.15) is 0 Å². The van der Waals surface area contributed by atoms with Gasteiger partial charge < -0.3 is 15.5 Å². The number of likely N-dealkylation sites (tertiary alicyclic amines) is 1. The molecule has 0 radical (unpaired) electrons. The molecule has 1 aromatic rings. The topological polar surface area (TPSA) is 73.8 Å². The number of hydrogen-bond acceptors (Lipinski definition) is 3. The number of guanidine groups is 1. The number of aliphatic imine (C=N–C) groups is 1. The van der Waals surface area contributed by atoms with Crippen molar-refractivity contribution in [1.29, 1.82) is 0 Å². The molecule has 7 heteroatoms. The minimum atomic E-state index is -0.909. The van der Waals surface area contributed by atoms with E-state index >= 15 is 0 Å². The predicted molar refractivity (Wildman–Crippen MR) is 107 cm³/mol. The van der Waals surface area contributed by atoms with Gasteiger partial charge in [0.25, 0.3) is 0 Å². The Balaban J connectivity index is 1.70. The summed E-state index contributed by atoms with van der Waals surface area (Å²) in [6.45, 7) is 5.95. The molecule has 144 valence electrons. The number of amides is 1. The van der Waals surface area contributed by atoms with E-state index in [9.17, 15) is 9.00 Å². The van der Waals surface area contributed by atoms with Gasteiger partial charge in [0.15, 0.2) is 5.96 Å². The fraction of sp³-hybridized carbons (Fsp3) is 0.579. The van der Waals surface area contributed by atoms with Crippen molar-refractivity contribution in [2.24, 2.45) is 10.9 Å². The molecule has 2 N–H and O–H groups in total. The molecule has 1 amide bonds. The van der Waals surface area contributed by atoms with E-state index in [2.05, 4.69) is 15.6 Å². The molecule has 6 nitrogen and oxygen atoms in total. The maximum absolute atomic E-state index is 12.2. The molecule has 26 heavy (non-hydrogen) atoms. The zero-order chi connectivity index (χ0) is 18.9. The first-order valence-corrected chi connectivity index (χ1v) is 10.6. The predicted octanol–water partition coefficient (Wildman–Crippen LogP) is 1.36. The van der Waals surface area contributed by atoms with Gasteiger partial charge in [0.05, 0.1) is 0 Å². The van der Waals surface area contributed by atoms with E-state index in [4.69, 9.17) is 0 Å². The van der Waals surface area contributed by atoms with E-state index in [-0.39, 0.29) is 17.9 Å². The SMILES string of the molecule is CN=C(NCCS(=O)Cc1ccccc1)NC1CCN(C(=O)C(C)C)C1. The number of carbonyl (C=O) groups is 1. The van der Waals surface area contributed by atoms with Crippen LogP contribution in [-0.2, 0) is 21.3 Å². The van der Waals surface area contributed by atoms with Crippen LogP contribution in [-0.4, -0.2) is 59.5 Å². The van der Waals surface area contributed by atoms with Gasteiger partial charge in [-0.1, -0.05) is 44.2 Å². The summed E-state index contributed by atoms with van der Waals surface area (Å²) in [5.74, 6) is 2.08. The lowest BCUT2D eigenvalue weighted by molar-refractivity contribution is -0.133. The lowest BCUT2D eigenvalue weighted by atomic mass is 10.2. The highest BCUT2D eigenvalue weighted by Crippen LogP contribution is 2.12. The molecule has 0 saturated carbocycles. The smallest absolute Gasteiger partial charge is 0.225 e. The van der Waals surface area contributed by atoms with Crippen molar-refractivity contribution in [3.63, 3.8) is 0 Å². The summed E-state index contributed by atoms with van der Waals surface area (Å²) in [5, 5.41) is 6.58. The van der Waals surface area contributed by atoms with E-state index in [1.165, 1.54) is 0 Å². The number of benzene rings is 1. The molecule has 1 fully saturated rings. The molecule has 0 spiro atoms. The van der Waals surface area contributed by atoms with E-state index in [0.29, 0.717) is 30.6 Å². The standard InChI is InChI=1S/C19H30N4O2S/c1-15(2)18(24)23-11-9-17(13-23)22-19(20-3)21-10-12-26(25)14-16-7-5-4-6-8-16/h4-8,15,17H,9-14H2,1-3H3,(H2,20,21,22). The summed E-state index contributed by atoms with van der Waals surface area (Å²) < 4.78 is 12.2. The molecule has 1 heterocycles. The lowest BCUT2D eigenvalue weighted by Gasteiger charge is -2.20. The van der Waals surface area contributed by atoms with E-state index in [1.807, 2.05) is 49.1 Å². The van der Waals surface area contributed by atoms with Crippen molar-refractivity contribution in [3.05, 3.63) is 35.9 Å². The van der Waals surface area contributed by atoms with E-state index < -0.39 is 10.8 Å². The Morgan fingerprint density at radius 3 is 2.73 bits per heavy atom. The highest BCUT2D eigenvalue weighted by Gasteiger charge is 2.27. The minimum absolute atomic E-state index is 0.0331. The van der Waals surface area contributed by atoms with Gasteiger partial charge in [0.2, 0.25) is 5.91 Å². The number of nitrogens with one attached hydrogen (secondary N) is 2. The Morgan fingerprint density at radius 1 is 1.35 bits per heavy atom. The first kappa shape index (κ1) is 20.4. The van der Waals surface area contributed by atoms with Gasteiger partial charge >= 0.3 is 0 Å². The third-order valence-electron chi connectivity index (χ3n) is 4.35. The van der Waals surface area contributed by atoms with Crippen LogP contribution in [0.4, 0.5) is 0 Å². The Kier molecular flexibility index (Phi) is 8.09. The van der Waals surface area contributed by atoms with Crippen LogP contribution in [0.5, 0.6) is 0 Å². The number of hydrogen-bond donors (Lipinski definition) is 2. The second-order valence-corrected chi connectivity index (χ2v) is 8.42. The van der Waals surface area contributed by atoms with Gasteiger partial charge in [-0.15, -0.1) is 0 Å². The average Bonchev–Trinajstić information content (AvgIpc) is 3.09. The summed E-state index contributed by atoms with van der Waals surface area (Å²) >= 11 is 0. The fourth-order valence-electron chi connectivity index (χ4n) is 2.95. The van der Waals surface area contributed by atoms with Crippen molar-refractivity contribution in [2.45, 2.75) is 32.1 Å². The lowest BCUT2D eigenvalue weighted by Crippen LogP contribution is -2.46. The number of nitrogens with zero attached hydrogens (tertiary/aromatic N) is 2. The first-order chi connectivity index (χ1) is 12.5. The van der Waals surface area contributed by atoms with Crippen LogP contribution in [0.15, 0.2) is 35.3 Å². The van der Waals surface area contributed by atoms with Crippen molar-refractivity contribution in [2.75, 3.05) is 32.4 Å². The molecule has 2 unspecified atom stereocenters. The van der Waals surface area contributed by atoms with Crippen LogP contribution in [0, 0.1) is 5.92 Å². The molecule has 0 aromatic heterocycles. The van der Waals surface area contributed by atoms with Gasteiger partial charge in [-0.3, -0.25) is 14.0 Å². The van der Waals surface area contributed by atoms with Crippen LogP contribution in [0.25, 0.3) is 0 Å². The molecule has 0 bridgehead atoms. The Morgan fingerprint density at radius 2 is 2.08 bits per heavy atom. The molecule has 2 rings (SSSR count). The van der Waals surface area contributed by atoms with Crippen molar-refractivity contribution in [1.82, 2.24) is 15.5 Å². The van der Waals surface area contributed by atoms with Gasteiger partial charge in [-0.25, -0.2) is 0 Å². The normalized spacial score (nSPS) is 18.8. The second-order valence-electron chi connectivity index (χ2n) is 6.84. The van der Waals surface area contributed by atoms with Crippen molar-refractivity contribution >= 4 is 22.7 Å². The largest absolute Gasteiger partial charge is 0.355 e. The summed E-state index contributed by atoms with van der Waals surface area (Å²) in [4.78, 5) is 18.2. The maximum Gasteiger partial charge on any atom is 0.225 e. The number of carbonyl (C=O) groups excluding carboxylic acids is 1. The minimum Gasteiger partial charge on any atom is -0.355 e. The third-order valence-corrected chi connectivity index (χ3v) is 5.67. The van der Waals surface area contributed by atoms with Crippen LogP contribution >= 0.6 is 0 Å². The summed E-state index contributed by atoms with van der Waals surface area (Å²) in [6, 6.07) is 10.1. The van der Waals surface area contributed by atoms with Gasteiger partial charge in [0.1, 0.15) is 0 Å². The first-order valence-electron chi connectivity index (χ1n) is 9.14. The van der Waals surface area contributed by atoms with Crippen molar-refractivity contribution in [3.8, 4) is 0 Å². The Hall–Kier alpha value is -1.89. The molecule has 1 aromatic carbocycles. The van der Waals surface area contributed by atoms with Crippen LogP contribution in [0.3, 0.4) is 0 Å². The highest BCUT2D eigenvalue weighted by molar-refractivity contribution is 7.84. The molecule has 0 aliphatic carbocycles. The molecule has 2 atom stereocenters. The maximum atomic E-state index is 12.2. The summed E-state index contributed by atoms with van der Waals surface area (Å²) in [5.41, 5.74) is 1.09. The molecule has 1 aliphatic heterocycles. The van der Waals surface area contributed by atoms with Gasteiger partial charge in [-0.05, 0) is 12.0 Å². The van der Waals surface area contributed by atoms with Crippen molar-refractivity contribution < 1.29 is 9.00 Å². The fourth-order valence-corrected chi connectivity index (χ4v) is 3.99. The van der Waals surface area contributed by atoms with E-state index in [0.717, 1.165) is 18.5 Å². The summed E-state index contributed by atoms with van der Waals surface area (Å²) in [7, 11) is 0.816. The molecule has 1 saturated heterocycles. The second kappa shape index (κ2) is 10.3. The zero-order valence-corrected chi connectivity index (χ0v) is 16.7.